The lowest BCUT2D eigenvalue weighted by Gasteiger charge is -2.19. The minimum atomic E-state index is -0.529. The third-order valence-electron chi connectivity index (χ3n) is 3.36. The van der Waals surface area contributed by atoms with E-state index in [4.69, 9.17) is 0 Å². The number of nitrogens with zero attached hydrogens (tertiary/aromatic N) is 4. The van der Waals surface area contributed by atoms with Crippen molar-refractivity contribution in [2.75, 3.05) is 12.5 Å². The number of hydrogen-bond donors (Lipinski definition) is 1. The van der Waals surface area contributed by atoms with Crippen molar-refractivity contribution < 1.29 is 9.59 Å². The molecular weight excluding hydrogens is 286 g/mol. The first-order valence-electron chi connectivity index (χ1n) is 6.68. The topological polar surface area (TPSA) is 96.7 Å². The van der Waals surface area contributed by atoms with Crippen LogP contribution in [0.1, 0.15) is 12.8 Å². The summed E-state index contributed by atoms with van der Waals surface area (Å²) in [5.41, 5.74) is 2.82. The smallest absolute Gasteiger partial charge is 0.273 e. The van der Waals surface area contributed by atoms with E-state index in [1.54, 1.807) is 24.3 Å². The van der Waals surface area contributed by atoms with E-state index in [1.807, 2.05) is 0 Å². The van der Waals surface area contributed by atoms with Gasteiger partial charge in [-0.2, -0.15) is 5.10 Å². The maximum Gasteiger partial charge on any atom is 0.286 e. The van der Waals surface area contributed by atoms with Crippen LogP contribution in [0, 0.1) is 0 Å². The molecule has 1 aromatic heterocycles. The molecule has 3 rings (SSSR count). The molecular formula is C14H13N5O3. The molecule has 0 fully saturated rings. The number of para-hydroxylation sites is 1. The number of nitrogens with one attached hydrogen (secondary N) is 1. The van der Waals surface area contributed by atoms with Gasteiger partial charge in [0.25, 0.3) is 11.5 Å². The van der Waals surface area contributed by atoms with Crippen LogP contribution >= 0.6 is 0 Å². The van der Waals surface area contributed by atoms with Crippen LogP contribution in [0.25, 0.3) is 10.9 Å². The first-order valence-corrected chi connectivity index (χ1v) is 6.68. The third-order valence-corrected chi connectivity index (χ3v) is 3.36. The maximum absolute atomic E-state index is 12.3. The fourth-order valence-corrected chi connectivity index (χ4v) is 2.16. The molecule has 1 aliphatic rings. The molecule has 0 saturated carbocycles. The Balaban J connectivity index is 1.89. The van der Waals surface area contributed by atoms with Gasteiger partial charge in [0, 0.05) is 19.9 Å². The minimum absolute atomic E-state index is 0.152. The second kappa shape index (κ2) is 5.40. The van der Waals surface area contributed by atoms with Crippen LogP contribution in [0.2, 0.25) is 0 Å². The summed E-state index contributed by atoms with van der Waals surface area (Å²) in [6.07, 6.45) is 1.71. The van der Waals surface area contributed by atoms with E-state index in [1.165, 1.54) is 13.4 Å². The summed E-state index contributed by atoms with van der Waals surface area (Å²) in [4.78, 5) is 39.9. The largest absolute Gasteiger partial charge is 0.286 e. The van der Waals surface area contributed by atoms with Gasteiger partial charge in [0.05, 0.1) is 10.9 Å². The lowest BCUT2D eigenvalue weighted by Crippen LogP contribution is -2.40. The number of benzene rings is 1. The third kappa shape index (κ3) is 2.46. The highest BCUT2D eigenvalue weighted by Gasteiger charge is 2.22. The van der Waals surface area contributed by atoms with Crippen LogP contribution in [0.3, 0.4) is 0 Å². The van der Waals surface area contributed by atoms with E-state index in [9.17, 15) is 14.4 Å². The van der Waals surface area contributed by atoms with E-state index < -0.39 is 5.91 Å². The van der Waals surface area contributed by atoms with Gasteiger partial charge in [-0.15, -0.1) is 0 Å². The molecule has 0 bridgehead atoms. The van der Waals surface area contributed by atoms with Crippen molar-refractivity contribution in [1.29, 1.82) is 0 Å². The second-order valence-electron chi connectivity index (χ2n) is 4.84. The number of amides is 2. The van der Waals surface area contributed by atoms with Crippen molar-refractivity contribution in [2.45, 2.75) is 12.8 Å². The first-order chi connectivity index (χ1) is 10.6. The van der Waals surface area contributed by atoms with Crippen LogP contribution < -0.4 is 11.0 Å². The van der Waals surface area contributed by atoms with Crippen LogP contribution in [0.15, 0.2) is 40.5 Å². The predicted octanol–water partition coefficient (Wildman–Crippen LogP) is 0.0748. The van der Waals surface area contributed by atoms with Gasteiger partial charge in [-0.3, -0.25) is 19.8 Å². The van der Waals surface area contributed by atoms with E-state index in [0.717, 1.165) is 9.69 Å². The number of hydrogen-bond acceptors (Lipinski definition) is 5. The summed E-state index contributed by atoms with van der Waals surface area (Å²) in [7, 11) is 1.48. The number of carbonyl (C=O) groups excluding carboxylic acids is 2. The summed E-state index contributed by atoms with van der Waals surface area (Å²) < 4.78 is 1.02. The molecule has 2 heterocycles. The highest BCUT2D eigenvalue weighted by Crippen LogP contribution is 2.07. The van der Waals surface area contributed by atoms with Gasteiger partial charge in [0.15, 0.2) is 0 Å². The SMILES string of the molecule is CN1N=C(C(=O)Nn2cnc3ccccc3c2=O)CCC1=O. The fourth-order valence-electron chi connectivity index (χ4n) is 2.16. The van der Waals surface area contributed by atoms with E-state index in [-0.39, 0.29) is 30.0 Å². The van der Waals surface area contributed by atoms with Gasteiger partial charge < -0.3 is 0 Å². The Morgan fingerprint density at radius 3 is 2.77 bits per heavy atom. The molecule has 0 unspecified atom stereocenters. The number of hydrazone groups is 1. The first kappa shape index (κ1) is 13.9. The van der Waals surface area contributed by atoms with Crippen molar-refractivity contribution in [2.24, 2.45) is 5.10 Å². The van der Waals surface area contributed by atoms with Gasteiger partial charge >= 0.3 is 0 Å². The van der Waals surface area contributed by atoms with E-state index >= 15 is 0 Å². The molecule has 1 N–H and O–H groups in total. The van der Waals surface area contributed by atoms with Crippen LogP contribution in [-0.4, -0.2) is 39.2 Å². The van der Waals surface area contributed by atoms with Crippen molar-refractivity contribution in [3.8, 4) is 0 Å². The Morgan fingerprint density at radius 1 is 1.23 bits per heavy atom. The molecule has 0 aliphatic carbocycles. The summed E-state index contributed by atoms with van der Waals surface area (Å²) in [6, 6.07) is 6.86. The monoisotopic (exact) mass is 299 g/mol. The normalized spacial score (nSPS) is 14.9. The van der Waals surface area contributed by atoms with Gasteiger partial charge in [-0.05, 0) is 12.1 Å². The molecule has 2 amide bonds. The van der Waals surface area contributed by atoms with Crippen LogP contribution in [0.5, 0.6) is 0 Å². The fraction of sp³-hybridized carbons (Fsp3) is 0.214. The van der Waals surface area contributed by atoms with Crippen LogP contribution in [0.4, 0.5) is 0 Å². The van der Waals surface area contributed by atoms with Crippen molar-refractivity contribution in [3.05, 3.63) is 40.9 Å². The Hall–Kier alpha value is -3.03. The van der Waals surface area contributed by atoms with Crippen molar-refractivity contribution >= 4 is 28.4 Å². The van der Waals surface area contributed by atoms with Gasteiger partial charge in [-0.25, -0.2) is 14.7 Å². The average Bonchev–Trinajstić information content (AvgIpc) is 2.53. The average molecular weight is 299 g/mol. The zero-order chi connectivity index (χ0) is 15.7. The molecule has 22 heavy (non-hydrogen) atoms. The summed E-state index contributed by atoms with van der Waals surface area (Å²) in [5, 5.41) is 5.43. The molecule has 0 atom stereocenters. The maximum atomic E-state index is 12.3. The lowest BCUT2D eigenvalue weighted by atomic mass is 10.1. The molecule has 2 aromatic rings. The number of rotatable bonds is 2. The van der Waals surface area contributed by atoms with Crippen LogP contribution in [-0.2, 0) is 9.59 Å². The van der Waals surface area contributed by atoms with E-state index in [0.29, 0.717) is 10.9 Å². The quantitative estimate of drug-likeness (QED) is 0.849. The number of fused-ring (bicyclic) bond motifs is 1. The molecule has 0 spiro atoms. The predicted molar refractivity (Wildman–Crippen MR) is 79.8 cm³/mol. The summed E-state index contributed by atoms with van der Waals surface area (Å²) in [5.74, 6) is -0.681. The second-order valence-corrected chi connectivity index (χ2v) is 4.84. The van der Waals surface area contributed by atoms with Gasteiger partial charge in [0.2, 0.25) is 5.91 Å². The Labute approximate surface area is 125 Å². The Kier molecular flexibility index (Phi) is 3.42. The number of carbonyl (C=O) groups is 2. The van der Waals surface area contributed by atoms with E-state index in [2.05, 4.69) is 15.5 Å². The Bertz CT molecular complexity index is 855. The Morgan fingerprint density at radius 2 is 2.00 bits per heavy atom. The molecule has 0 radical (unpaired) electrons. The highest BCUT2D eigenvalue weighted by atomic mass is 16.2. The summed E-state index contributed by atoms with van der Waals surface area (Å²) in [6.45, 7) is 0. The highest BCUT2D eigenvalue weighted by molar-refractivity contribution is 6.42. The standard InChI is InChI=1S/C14H13N5O3/c1-18-12(20)7-6-11(16-18)13(21)17-19-8-15-10-5-3-2-4-9(10)14(19)22/h2-5,8H,6-7H2,1H3,(H,17,21). The lowest BCUT2D eigenvalue weighted by molar-refractivity contribution is -0.130. The van der Waals surface area contributed by atoms with Crippen molar-refractivity contribution in [1.82, 2.24) is 14.7 Å². The molecule has 1 aliphatic heterocycles. The zero-order valence-corrected chi connectivity index (χ0v) is 11.8. The molecule has 0 saturated heterocycles. The van der Waals surface area contributed by atoms with Crippen molar-refractivity contribution in [3.63, 3.8) is 0 Å². The van der Waals surface area contributed by atoms with Gasteiger partial charge in [-0.1, -0.05) is 12.1 Å². The molecule has 8 heteroatoms. The minimum Gasteiger partial charge on any atom is -0.273 e. The van der Waals surface area contributed by atoms with Gasteiger partial charge in [0.1, 0.15) is 12.0 Å². The molecule has 1 aromatic carbocycles. The molecule has 8 nitrogen and oxygen atoms in total. The molecule has 112 valence electrons. The summed E-state index contributed by atoms with van der Waals surface area (Å²) >= 11 is 0. The number of aromatic nitrogens is 2. The zero-order valence-electron chi connectivity index (χ0n) is 11.8.